The molecule has 0 aliphatic carbocycles. The lowest BCUT2D eigenvalue weighted by Gasteiger charge is -2.22. The Morgan fingerprint density at radius 2 is 2.53 bits per heavy atom. The van der Waals surface area contributed by atoms with Gasteiger partial charge in [-0.25, -0.2) is 0 Å². The van der Waals surface area contributed by atoms with Crippen molar-refractivity contribution in [1.29, 1.82) is 0 Å². The molecule has 0 radical (unpaired) electrons. The highest BCUT2D eigenvalue weighted by molar-refractivity contribution is 7.07. The molecule has 96 valence electrons. The van der Waals surface area contributed by atoms with E-state index >= 15 is 0 Å². The molecule has 1 atom stereocenters. The standard InChI is InChI=1S/C11H16N2O2S.ClH/c14-11(10-7-12-4-5-15-10)13-3-1-9-2-6-16-8-9;/h2,6,8,10,12H,1,3-5,7H2,(H,13,14);1H. The van der Waals surface area contributed by atoms with E-state index in [1.165, 1.54) is 5.56 Å². The van der Waals surface area contributed by atoms with Crippen LogP contribution in [0.2, 0.25) is 0 Å². The summed E-state index contributed by atoms with van der Waals surface area (Å²) in [6, 6.07) is 2.08. The first-order valence-electron chi connectivity index (χ1n) is 5.47. The normalized spacial score (nSPS) is 19.4. The quantitative estimate of drug-likeness (QED) is 0.856. The molecule has 1 saturated heterocycles. The third-order valence-corrected chi connectivity index (χ3v) is 3.25. The average molecular weight is 277 g/mol. The molecule has 1 aromatic heterocycles. The zero-order valence-corrected chi connectivity index (χ0v) is 11.1. The summed E-state index contributed by atoms with van der Waals surface area (Å²) in [4.78, 5) is 11.7. The van der Waals surface area contributed by atoms with Gasteiger partial charge in [-0.15, -0.1) is 12.4 Å². The van der Waals surface area contributed by atoms with Crippen LogP contribution >= 0.6 is 23.7 Å². The van der Waals surface area contributed by atoms with Crippen LogP contribution in [0, 0.1) is 0 Å². The molecule has 0 spiro atoms. The topological polar surface area (TPSA) is 50.4 Å². The van der Waals surface area contributed by atoms with Crippen molar-refractivity contribution >= 4 is 29.7 Å². The molecule has 0 aromatic carbocycles. The Kier molecular flexibility index (Phi) is 6.50. The van der Waals surface area contributed by atoms with Crippen molar-refractivity contribution in [2.45, 2.75) is 12.5 Å². The Hall–Kier alpha value is -0.620. The summed E-state index contributed by atoms with van der Waals surface area (Å²) in [5, 5.41) is 10.2. The maximum atomic E-state index is 11.7. The molecular weight excluding hydrogens is 260 g/mol. The van der Waals surface area contributed by atoms with Gasteiger partial charge in [0.2, 0.25) is 5.91 Å². The lowest BCUT2D eigenvalue weighted by Crippen LogP contribution is -2.48. The van der Waals surface area contributed by atoms with E-state index in [4.69, 9.17) is 4.74 Å². The minimum atomic E-state index is -0.323. The van der Waals surface area contributed by atoms with Crippen LogP contribution in [-0.2, 0) is 16.0 Å². The van der Waals surface area contributed by atoms with Gasteiger partial charge in [-0.2, -0.15) is 11.3 Å². The van der Waals surface area contributed by atoms with E-state index in [-0.39, 0.29) is 24.4 Å². The Morgan fingerprint density at radius 3 is 3.18 bits per heavy atom. The molecule has 0 bridgehead atoms. The highest BCUT2D eigenvalue weighted by atomic mass is 35.5. The van der Waals surface area contributed by atoms with Crippen molar-refractivity contribution in [3.8, 4) is 0 Å². The molecule has 4 nitrogen and oxygen atoms in total. The van der Waals surface area contributed by atoms with Crippen LogP contribution in [0.5, 0.6) is 0 Å². The van der Waals surface area contributed by atoms with E-state index < -0.39 is 0 Å². The predicted octanol–water partition coefficient (Wildman–Crippen LogP) is 0.817. The number of carbonyl (C=O) groups excluding carboxylic acids is 1. The van der Waals surface area contributed by atoms with Gasteiger partial charge in [-0.05, 0) is 28.8 Å². The molecule has 1 aliphatic rings. The lowest BCUT2D eigenvalue weighted by atomic mass is 10.2. The number of hydrogen-bond donors (Lipinski definition) is 2. The van der Waals surface area contributed by atoms with Gasteiger partial charge in [0, 0.05) is 19.6 Å². The molecule has 1 amide bonds. The van der Waals surface area contributed by atoms with Gasteiger partial charge in [0.1, 0.15) is 6.10 Å². The van der Waals surface area contributed by atoms with Crippen molar-refractivity contribution in [3.63, 3.8) is 0 Å². The summed E-state index contributed by atoms with van der Waals surface area (Å²) in [5.74, 6) is -0.0116. The number of carbonyl (C=O) groups is 1. The molecule has 2 N–H and O–H groups in total. The highest BCUT2D eigenvalue weighted by Gasteiger charge is 2.20. The number of ether oxygens (including phenoxy) is 1. The molecule has 6 heteroatoms. The lowest BCUT2D eigenvalue weighted by molar-refractivity contribution is -0.134. The Morgan fingerprint density at radius 1 is 1.65 bits per heavy atom. The first-order chi connectivity index (χ1) is 7.86. The predicted molar refractivity (Wildman–Crippen MR) is 70.9 cm³/mol. The molecule has 0 saturated carbocycles. The van der Waals surface area contributed by atoms with E-state index in [1.54, 1.807) is 11.3 Å². The molecule has 1 unspecified atom stereocenters. The second-order valence-electron chi connectivity index (χ2n) is 3.74. The smallest absolute Gasteiger partial charge is 0.250 e. The Labute approximate surface area is 111 Å². The van der Waals surface area contributed by atoms with Gasteiger partial charge < -0.3 is 15.4 Å². The second-order valence-corrected chi connectivity index (χ2v) is 4.52. The first kappa shape index (κ1) is 14.4. The maximum Gasteiger partial charge on any atom is 0.250 e. The molecule has 1 aromatic rings. The Balaban J connectivity index is 0.00000144. The molecule has 2 rings (SSSR count). The monoisotopic (exact) mass is 276 g/mol. The average Bonchev–Trinajstić information content (AvgIpc) is 2.83. The van der Waals surface area contributed by atoms with E-state index in [0.29, 0.717) is 19.7 Å². The van der Waals surface area contributed by atoms with Crippen molar-refractivity contribution < 1.29 is 9.53 Å². The van der Waals surface area contributed by atoms with Crippen molar-refractivity contribution in [3.05, 3.63) is 22.4 Å². The van der Waals surface area contributed by atoms with Crippen molar-refractivity contribution in [2.24, 2.45) is 0 Å². The second kappa shape index (κ2) is 7.66. The zero-order chi connectivity index (χ0) is 11.2. The van der Waals surface area contributed by atoms with Crippen LogP contribution in [0.25, 0.3) is 0 Å². The zero-order valence-electron chi connectivity index (χ0n) is 9.48. The molecular formula is C11H17ClN2O2S. The van der Waals surface area contributed by atoms with Crippen molar-refractivity contribution in [1.82, 2.24) is 10.6 Å². The van der Waals surface area contributed by atoms with Gasteiger partial charge in [-0.1, -0.05) is 0 Å². The largest absolute Gasteiger partial charge is 0.366 e. The maximum absolute atomic E-state index is 11.7. The first-order valence-corrected chi connectivity index (χ1v) is 6.41. The summed E-state index contributed by atoms with van der Waals surface area (Å²) in [5.41, 5.74) is 1.27. The summed E-state index contributed by atoms with van der Waals surface area (Å²) >= 11 is 1.68. The number of halogens is 1. The molecule has 1 fully saturated rings. The van der Waals surface area contributed by atoms with Gasteiger partial charge >= 0.3 is 0 Å². The number of thiophene rings is 1. The van der Waals surface area contributed by atoms with Crippen LogP contribution in [0.4, 0.5) is 0 Å². The van der Waals surface area contributed by atoms with Crippen LogP contribution in [0.1, 0.15) is 5.56 Å². The molecule has 2 heterocycles. The van der Waals surface area contributed by atoms with Gasteiger partial charge in [0.05, 0.1) is 6.61 Å². The number of amides is 1. The van der Waals surface area contributed by atoms with Crippen LogP contribution in [-0.4, -0.2) is 38.3 Å². The van der Waals surface area contributed by atoms with E-state index in [0.717, 1.165) is 13.0 Å². The summed E-state index contributed by atoms with van der Waals surface area (Å²) < 4.78 is 5.36. The summed E-state index contributed by atoms with van der Waals surface area (Å²) in [7, 11) is 0. The van der Waals surface area contributed by atoms with Crippen LogP contribution in [0.15, 0.2) is 16.8 Å². The number of morpholine rings is 1. The number of hydrogen-bond acceptors (Lipinski definition) is 4. The molecule has 17 heavy (non-hydrogen) atoms. The van der Waals surface area contributed by atoms with Gasteiger partial charge in [0.25, 0.3) is 0 Å². The van der Waals surface area contributed by atoms with Crippen molar-refractivity contribution in [2.75, 3.05) is 26.2 Å². The van der Waals surface area contributed by atoms with Crippen LogP contribution < -0.4 is 10.6 Å². The van der Waals surface area contributed by atoms with Gasteiger partial charge in [-0.3, -0.25) is 4.79 Å². The van der Waals surface area contributed by atoms with E-state index in [1.807, 2.05) is 5.38 Å². The minimum absolute atomic E-state index is 0. The molecule has 1 aliphatic heterocycles. The summed E-state index contributed by atoms with van der Waals surface area (Å²) in [6.45, 7) is 2.74. The van der Waals surface area contributed by atoms with Gasteiger partial charge in [0.15, 0.2) is 0 Å². The highest BCUT2D eigenvalue weighted by Crippen LogP contribution is 2.05. The van der Waals surface area contributed by atoms with E-state index in [2.05, 4.69) is 22.1 Å². The number of nitrogens with one attached hydrogen (secondary N) is 2. The third-order valence-electron chi connectivity index (χ3n) is 2.51. The fourth-order valence-corrected chi connectivity index (χ4v) is 2.32. The third kappa shape index (κ3) is 4.63. The summed E-state index contributed by atoms with van der Waals surface area (Å²) in [6.07, 6.45) is 0.561. The Bertz CT molecular complexity index is 326. The van der Waals surface area contributed by atoms with Crippen LogP contribution in [0.3, 0.4) is 0 Å². The fraction of sp³-hybridized carbons (Fsp3) is 0.545. The number of rotatable bonds is 4. The van der Waals surface area contributed by atoms with E-state index in [9.17, 15) is 4.79 Å². The SMILES string of the molecule is Cl.O=C(NCCc1ccsc1)C1CNCCO1. The minimum Gasteiger partial charge on any atom is -0.366 e. The fourth-order valence-electron chi connectivity index (χ4n) is 1.61.